The standard InChI is InChI=1S/C27H36ClN3O2/c1-3-30(4-2)23-14-8-20(9-15-23)26-24-7-5-6-16-27(24,33)17-18-31(26)19-25(32)29-22-12-10-21(28)11-13-22/h8-15,24,26,33H,3-7,16-19H2,1-2H3,(H,29,32)/t24-,26-,27-/m1/s1. The van der Waals surface area contributed by atoms with Gasteiger partial charge < -0.3 is 15.3 Å². The van der Waals surface area contributed by atoms with E-state index in [0.717, 1.165) is 50.9 Å². The molecule has 2 fully saturated rings. The number of aliphatic hydroxyl groups is 1. The van der Waals surface area contributed by atoms with Crippen molar-refractivity contribution in [1.29, 1.82) is 0 Å². The van der Waals surface area contributed by atoms with Crippen LogP contribution in [0.3, 0.4) is 0 Å². The fourth-order valence-electron chi connectivity index (χ4n) is 5.75. The second-order valence-electron chi connectivity index (χ2n) is 9.44. The smallest absolute Gasteiger partial charge is 0.238 e. The zero-order valence-electron chi connectivity index (χ0n) is 19.8. The highest BCUT2D eigenvalue weighted by Crippen LogP contribution is 2.49. The summed E-state index contributed by atoms with van der Waals surface area (Å²) in [7, 11) is 0. The summed E-state index contributed by atoms with van der Waals surface area (Å²) in [6.07, 6.45) is 4.79. The molecule has 0 spiro atoms. The Morgan fingerprint density at radius 2 is 1.79 bits per heavy atom. The van der Waals surface area contributed by atoms with Crippen molar-refractivity contribution in [2.75, 3.05) is 36.4 Å². The molecule has 1 saturated heterocycles. The largest absolute Gasteiger partial charge is 0.389 e. The minimum atomic E-state index is -0.635. The highest BCUT2D eigenvalue weighted by Gasteiger charge is 2.49. The molecular formula is C27H36ClN3O2. The molecule has 1 saturated carbocycles. The van der Waals surface area contributed by atoms with E-state index in [9.17, 15) is 9.90 Å². The first kappa shape index (κ1) is 24.1. The van der Waals surface area contributed by atoms with Crippen molar-refractivity contribution in [3.05, 3.63) is 59.1 Å². The first-order valence-electron chi connectivity index (χ1n) is 12.3. The van der Waals surface area contributed by atoms with Gasteiger partial charge in [-0.25, -0.2) is 0 Å². The van der Waals surface area contributed by atoms with Gasteiger partial charge in [0.1, 0.15) is 0 Å². The maximum atomic E-state index is 12.9. The quantitative estimate of drug-likeness (QED) is 0.562. The molecule has 0 aromatic heterocycles. The van der Waals surface area contributed by atoms with Crippen molar-refractivity contribution < 1.29 is 9.90 Å². The van der Waals surface area contributed by atoms with Crippen LogP contribution in [0, 0.1) is 5.92 Å². The summed E-state index contributed by atoms with van der Waals surface area (Å²) in [6.45, 7) is 7.29. The Morgan fingerprint density at radius 1 is 1.09 bits per heavy atom. The third-order valence-electron chi connectivity index (χ3n) is 7.51. The van der Waals surface area contributed by atoms with Crippen molar-refractivity contribution in [1.82, 2.24) is 4.90 Å². The molecule has 1 aliphatic carbocycles. The molecule has 178 valence electrons. The maximum absolute atomic E-state index is 12.9. The number of anilines is 2. The van der Waals surface area contributed by atoms with Gasteiger partial charge >= 0.3 is 0 Å². The number of amides is 1. The third-order valence-corrected chi connectivity index (χ3v) is 7.76. The molecule has 0 bridgehead atoms. The third kappa shape index (κ3) is 5.37. The number of carbonyl (C=O) groups excluding carboxylic acids is 1. The fraction of sp³-hybridized carbons (Fsp3) is 0.519. The Balaban J connectivity index is 1.57. The molecule has 1 heterocycles. The van der Waals surface area contributed by atoms with Crippen LogP contribution in [-0.4, -0.2) is 47.7 Å². The summed E-state index contributed by atoms with van der Waals surface area (Å²) in [4.78, 5) is 17.5. The summed E-state index contributed by atoms with van der Waals surface area (Å²) in [6, 6.07) is 16.0. The number of likely N-dealkylation sites (tertiary alicyclic amines) is 1. The molecular weight excluding hydrogens is 434 g/mol. The van der Waals surface area contributed by atoms with Gasteiger partial charge in [0.15, 0.2) is 0 Å². The zero-order chi connectivity index (χ0) is 23.4. The number of halogens is 1. The SMILES string of the molecule is CCN(CC)c1ccc([C@@H]2[C@H]3CCCC[C@@]3(O)CCN2CC(=O)Nc2ccc(Cl)cc2)cc1. The molecule has 1 amide bonds. The maximum Gasteiger partial charge on any atom is 0.238 e. The lowest BCUT2D eigenvalue weighted by molar-refractivity contribution is -0.135. The summed E-state index contributed by atoms with van der Waals surface area (Å²) in [5.41, 5.74) is 2.51. The van der Waals surface area contributed by atoms with Crippen LogP contribution >= 0.6 is 11.6 Å². The number of fused-ring (bicyclic) bond motifs is 1. The molecule has 6 heteroatoms. The molecule has 2 aromatic carbocycles. The van der Waals surface area contributed by atoms with E-state index >= 15 is 0 Å². The number of hydrogen-bond donors (Lipinski definition) is 2. The van der Waals surface area contributed by atoms with Crippen LogP contribution in [0.2, 0.25) is 5.02 Å². The summed E-state index contributed by atoms with van der Waals surface area (Å²) in [5, 5.41) is 15.2. The van der Waals surface area contributed by atoms with Gasteiger partial charge in [0.25, 0.3) is 0 Å². The number of rotatable bonds is 7. The van der Waals surface area contributed by atoms with E-state index in [2.05, 4.69) is 53.2 Å². The molecule has 33 heavy (non-hydrogen) atoms. The Kier molecular flexibility index (Phi) is 7.62. The molecule has 5 nitrogen and oxygen atoms in total. The van der Waals surface area contributed by atoms with Gasteiger partial charge in [-0.05, 0) is 75.1 Å². The second kappa shape index (κ2) is 10.5. The average Bonchev–Trinajstić information content (AvgIpc) is 2.82. The fourth-order valence-corrected chi connectivity index (χ4v) is 5.88. The molecule has 2 aromatic rings. The summed E-state index contributed by atoms with van der Waals surface area (Å²) >= 11 is 5.97. The monoisotopic (exact) mass is 469 g/mol. The lowest BCUT2D eigenvalue weighted by Gasteiger charge is -2.52. The van der Waals surface area contributed by atoms with Gasteiger partial charge in [0, 0.05) is 48.0 Å². The summed E-state index contributed by atoms with van der Waals surface area (Å²) in [5.74, 6) is 0.103. The first-order valence-corrected chi connectivity index (χ1v) is 12.7. The van der Waals surface area contributed by atoms with Gasteiger partial charge in [0.05, 0.1) is 12.1 Å². The molecule has 3 atom stereocenters. The van der Waals surface area contributed by atoms with Crippen LogP contribution in [0.15, 0.2) is 48.5 Å². The van der Waals surface area contributed by atoms with Crippen molar-refractivity contribution >= 4 is 28.9 Å². The van der Waals surface area contributed by atoms with Gasteiger partial charge in [0.2, 0.25) is 5.91 Å². The number of nitrogens with zero attached hydrogens (tertiary/aromatic N) is 2. The van der Waals surface area contributed by atoms with Crippen molar-refractivity contribution in [3.8, 4) is 0 Å². The van der Waals surface area contributed by atoms with Crippen molar-refractivity contribution in [2.24, 2.45) is 5.92 Å². The van der Waals surface area contributed by atoms with Gasteiger partial charge in [-0.2, -0.15) is 0 Å². The number of piperidine rings is 1. The minimum absolute atomic E-state index is 0.0331. The van der Waals surface area contributed by atoms with Crippen LogP contribution in [-0.2, 0) is 4.79 Å². The Bertz CT molecular complexity index is 929. The highest BCUT2D eigenvalue weighted by atomic mass is 35.5. The predicted octanol–water partition coefficient (Wildman–Crippen LogP) is 5.49. The first-order chi connectivity index (χ1) is 15.9. The van der Waals surface area contributed by atoms with Crippen LogP contribution in [0.5, 0.6) is 0 Å². The van der Waals surface area contributed by atoms with Gasteiger partial charge in [-0.1, -0.05) is 36.6 Å². The van der Waals surface area contributed by atoms with E-state index in [1.807, 2.05) is 12.1 Å². The summed E-state index contributed by atoms with van der Waals surface area (Å²) < 4.78 is 0. The lowest BCUT2D eigenvalue weighted by atomic mass is 9.66. The van der Waals surface area contributed by atoms with Crippen molar-refractivity contribution in [2.45, 2.75) is 57.6 Å². The van der Waals surface area contributed by atoms with Crippen molar-refractivity contribution in [3.63, 3.8) is 0 Å². The van der Waals surface area contributed by atoms with Gasteiger partial charge in [-0.3, -0.25) is 9.69 Å². The molecule has 0 unspecified atom stereocenters. The number of benzene rings is 2. The highest BCUT2D eigenvalue weighted by molar-refractivity contribution is 6.30. The minimum Gasteiger partial charge on any atom is -0.389 e. The Morgan fingerprint density at radius 3 is 2.45 bits per heavy atom. The Labute approximate surface area is 202 Å². The topological polar surface area (TPSA) is 55.8 Å². The van der Waals surface area contributed by atoms with Crippen LogP contribution in [0.4, 0.5) is 11.4 Å². The molecule has 4 rings (SSSR count). The van der Waals surface area contributed by atoms with E-state index in [4.69, 9.17) is 11.6 Å². The van der Waals surface area contributed by atoms with E-state index in [-0.39, 0.29) is 17.9 Å². The zero-order valence-corrected chi connectivity index (χ0v) is 20.5. The van der Waals surface area contributed by atoms with E-state index in [1.54, 1.807) is 12.1 Å². The average molecular weight is 470 g/mol. The van der Waals surface area contributed by atoms with E-state index in [1.165, 1.54) is 11.3 Å². The molecule has 2 aliphatic rings. The molecule has 1 aliphatic heterocycles. The van der Waals surface area contributed by atoms with E-state index in [0.29, 0.717) is 18.1 Å². The predicted molar refractivity (Wildman–Crippen MR) is 136 cm³/mol. The van der Waals surface area contributed by atoms with E-state index < -0.39 is 5.60 Å². The van der Waals surface area contributed by atoms with Crippen LogP contribution in [0.25, 0.3) is 0 Å². The number of hydrogen-bond acceptors (Lipinski definition) is 4. The second-order valence-corrected chi connectivity index (χ2v) is 9.88. The lowest BCUT2D eigenvalue weighted by Crippen LogP contribution is -2.56. The normalized spacial score (nSPS) is 25.3. The number of nitrogens with one attached hydrogen (secondary N) is 1. The number of carbonyl (C=O) groups is 1. The molecule has 0 radical (unpaired) electrons. The molecule has 2 N–H and O–H groups in total. The Hall–Kier alpha value is -2.08. The van der Waals surface area contributed by atoms with Crippen LogP contribution in [0.1, 0.15) is 57.6 Å². The van der Waals surface area contributed by atoms with Gasteiger partial charge in [-0.15, -0.1) is 0 Å². The van der Waals surface area contributed by atoms with Crippen LogP contribution < -0.4 is 10.2 Å².